The van der Waals surface area contributed by atoms with Crippen molar-refractivity contribution in [2.75, 3.05) is 13.1 Å². The van der Waals surface area contributed by atoms with E-state index in [1.165, 1.54) is 48.2 Å². The summed E-state index contributed by atoms with van der Waals surface area (Å²) in [7, 11) is 0. The van der Waals surface area contributed by atoms with Gasteiger partial charge in [-0.15, -0.1) is 11.3 Å². The molecule has 0 aromatic carbocycles. The summed E-state index contributed by atoms with van der Waals surface area (Å²) in [5.74, 6) is 6.26. The Kier molecular flexibility index (Phi) is 7.12. The lowest BCUT2D eigenvalue weighted by atomic mass is 9.75. The van der Waals surface area contributed by atoms with Crippen LogP contribution in [0.5, 0.6) is 0 Å². The maximum Gasteiger partial charge on any atom is 0.346 e. The minimum Gasteiger partial charge on any atom is -0.477 e. The fourth-order valence-electron chi connectivity index (χ4n) is 4.59. The van der Waals surface area contributed by atoms with Gasteiger partial charge >= 0.3 is 5.97 Å². The Morgan fingerprint density at radius 2 is 1.93 bits per heavy atom. The van der Waals surface area contributed by atoms with Crippen LogP contribution in [0.4, 0.5) is 0 Å². The van der Waals surface area contributed by atoms with Gasteiger partial charge in [-0.25, -0.2) is 4.79 Å². The Balaban J connectivity index is 2.06. The van der Waals surface area contributed by atoms with E-state index in [9.17, 15) is 15.0 Å². The first-order valence-corrected chi connectivity index (χ1v) is 12.0. The largest absolute Gasteiger partial charge is 0.477 e. The van der Waals surface area contributed by atoms with E-state index in [1.807, 2.05) is 6.07 Å². The molecule has 2 aliphatic rings. The molecule has 0 bridgehead atoms. The van der Waals surface area contributed by atoms with Gasteiger partial charge in [-0.1, -0.05) is 31.6 Å². The molecule has 1 aromatic rings. The maximum atomic E-state index is 12.1. The van der Waals surface area contributed by atoms with Crippen LogP contribution >= 0.6 is 11.3 Å². The maximum absolute atomic E-state index is 12.1. The summed E-state index contributed by atoms with van der Waals surface area (Å²) in [5.41, 5.74) is 2.43. The number of carbonyl (C=O) groups is 1. The van der Waals surface area contributed by atoms with Crippen molar-refractivity contribution < 1.29 is 15.0 Å². The summed E-state index contributed by atoms with van der Waals surface area (Å²) in [4.78, 5) is 15.7. The van der Waals surface area contributed by atoms with Crippen molar-refractivity contribution in [3.63, 3.8) is 0 Å². The number of thiophene rings is 1. The van der Waals surface area contributed by atoms with E-state index in [1.54, 1.807) is 13.8 Å². The highest BCUT2D eigenvalue weighted by molar-refractivity contribution is 7.14. The van der Waals surface area contributed by atoms with Gasteiger partial charge in [-0.05, 0) is 76.0 Å². The van der Waals surface area contributed by atoms with Crippen LogP contribution in [-0.2, 0) is 0 Å². The van der Waals surface area contributed by atoms with Gasteiger partial charge < -0.3 is 10.2 Å². The first-order chi connectivity index (χ1) is 14.0. The standard InChI is InChI=1S/C25H35NO3S/c1-16(2)26-13-11-20(22(15-26)18-8-6-17(3)7-9-18)21-14-19(10-12-25(4,5)29)30-23(21)24(27)28/h14,16-18,29H,6-9,11,13,15H2,1-5H3,(H,27,28). The number of hydrogen-bond acceptors (Lipinski definition) is 4. The number of hydrogen-bond donors (Lipinski definition) is 2. The number of carboxylic acid groups (broad SMARTS) is 1. The molecule has 0 saturated heterocycles. The van der Waals surface area contributed by atoms with Gasteiger partial charge in [-0.2, -0.15) is 0 Å². The van der Waals surface area contributed by atoms with Crippen molar-refractivity contribution in [1.82, 2.24) is 4.90 Å². The first kappa shape index (κ1) is 23.1. The average Bonchev–Trinajstić information content (AvgIpc) is 3.10. The van der Waals surface area contributed by atoms with E-state index < -0.39 is 11.6 Å². The van der Waals surface area contributed by atoms with Crippen LogP contribution in [0.3, 0.4) is 0 Å². The molecular weight excluding hydrogens is 394 g/mol. The molecule has 3 rings (SSSR count). The molecule has 1 saturated carbocycles. The third kappa shape index (κ3) is 5.55. The molecule has 1 aliphatic heterocycles. The molecule has 5 heteroatoms. The third-order valence-electron chi connectivity index (χ3n) is 6.39. The smallest absolute Gasteiger partial charge is 0.346 e. The SMILES string of the molecule is CC1CCC(C2=C(c3cc(C#CC(C)(C)O)sc3C(=O)O)CCN(C(C)C)C2)CC1. The zero-order valence-electron chi connectivity index (χ0n) is 18.9. The highest BCUT2D eigenvalue weighted by atomic mass is 32.1. The number of carboxylic acids is 1. The number of aliphatic hydroxyl groups is 1. The van der Waals surface area contributed by atoms with Crippen LogP contribution in [0.1, 0.15) is 86.8 Å². The van der Waals surface area contributed by atoms with Crippen molar-refractivity contribution in [3.8, 4) is 11.8 Å². The molecule has 30 heavy (non-hydrogen) atoms. The molecule has 164 valence electrons. The van der Waals surface area contributed by atoms with Gasteiger partial charge in [0.1, 0.15) is 10.5 Å². The quantitative estimate of drug-likeness (QED) is 0.641. The van der Waals surface area contributed by atoms with Gasteiger partial charge in [0.25, 0.3) is 0 Å². The van der Waals surface area contributed by atoms with Crippen LogP contribution in [0, 0.1) is 23.7 Å². The molecule has 0 unspecified atom stereocenters. The molecule has 0 atom stereocenters. The summed E-state index contributed by atoms with van der Waals surface area (Å²) in [5, 5.41) is 19.8. The lowest BCUT2D eigenvalue weighted by Crippen LogP contribution is -2.39. The van der Waals surface area contributed by atoms with Gasteiger partial charge in [0.2, 0.25) is 0 Å². The molecule has 1 aromatic heterocycles. The van der Waals surface area contributed by atoms with E-state index >= 15 is 0 Å². The Labute approximate surface area is 185 Å². The molecule has 4 nitrogen and oxygen atoms in total. The van der Waals surface area contributed by atoms with Crippen molar-refractivity contribution in [1.29, 1.82) is 0 Å². The highest BCUT2D eigenvalue weighted by Crippen LogP contribution is 2.42. The topological polar surface area (TPSA) is 60.8 Å². The Hall–Kier alpha value is -1.61. The van der Waals surface area contributed by atoms with Gasteiger partial charge in [0, 0.05) is 24.7 Å². The molecule has 2 N–H and O–H groups in total. The fraction of sp³-hybridized carbons (Fsp3) is 0.640. The first-order valence-electron chi connectivity index (χ1n) is 11.1. The Morgan fingerprint density at radius 3 is 2.50 bits per heavy atom. The molecule has 1 aliphatic carbocycles. The van der Waals surface area contributed by atoms with E-state index in [2.05, 4.69) is 37.5 Å². The highest BCUT2D eigenvalue weighted by Gasteiger charge is 2.31. The molecule has 0 radical (unpaired) electrons. The summed E-state index contributed by atoms with van der Waals surface area (Å²) >= 11 is 1.23. The van der Waals surface area contributed by atoms with E-state index in [0.29, 0.717) is 21.7 Å². The summed E-state index contributed by atoms with van der Waals surface area (Å²) in [6, 6.07) is 2.43. The molecule has 0 amide bonds. The minimum atomic E-state index is -1.10. The van der Waals surface area contributed by atoms with Crippen LogP contribution < -0.4 is 0 Å². The number of rotatable bonds is 4. The van der Waals surface area contributed by atoms with Crippen molar-refractivity contribution in [2.24, 2.45) is 11.8 Å². The minimum absolute atomic E-state index is 0.379. The van der Waals surface area contributed by atoms with E-state index in [0.717, 1.165) is 31.0 Å². The van der Waals surface area contributed by atoms with E-state index in [4.69, 9.17) is 0 Å². The summed E-state index contributed by atoms with van der Waals surface area (Å²) < 4.78 is 0. The molecule has 1 fully saturated rings. The van der Waals surface area contributed by atoms with Crippen LogP contribution in [0.15, 0.2) is 11.6 Å². The number of nitrogens with zero attached hydrogens (tertiary/aromatic N) is 1. The van der Waals surface area contributed by atoms with Crippen molar-refractivity contribution in [2.45, 2.75) is 78.4 Å². The van der Waals surface area contributed by atoms with Gasteiger partial charge in [0.05, 0.1) is 4.88 Å². The summed E-state index contributed by atoms with van der Waals surface area (Å²) in [6.45, 7) is 12.0. The van der Waals surface area contributed by atoms with Crippen molar-refractivity contribution >= 4 is 22.9 Å². The average molecular weight is 430 g/mol. The van der Waals surface area contributed by atoms with Crippen LogP contribution in [0.25, 0.3) is 5.57 Å². The predicted octanol–water partition coefficient (Wildman–Crippen LogP) is 5.26. The fourth-order valence-corrected chi connectivity index (χ4v) is 5.47. The van der Waals surface area contributed by atoms with E-state index in [-0.39, 0.29) is 0 Å². The zero-order valence-corrected chi connectivity index (χ0v) is 19.7. The second kappa shape index (κ2) is 9.26. The lowest BCUT2D eigenvalue weighted by Gasteiger charge is -2.38. The monoisotopic (exact) mass is 429 g/mol. The van der Waals surface area contributed by atoms with Crippen LogP contribution in [-0.4, -0.2) is 45.8 Å². The second-order valence-electron chi connectivity index (χ2n) is 9.74. The molecule has 0 spiro atoms. The lowest BCUT2D eigenvalue weighted by molar-refractivity contribution is 0.0701. The Morgan fingerprint density at radius 1 is 1.27 bits per heavy atom. The van der Waals surface area contributed by atoms with Crippen LogP contribution in [0.2, 0.25) is 0 Å². The summed E-state index contributed by atoms with van der Waals surface area (Å²) in [6.07, 6.45) is 5.78. The second-order valence-corrected chi connectivity index (χ2v) is 10.8. The van der Waals surface area contributed by atoms with Gasteiger partial charge in [-0.3, -0.25) is 4.90 Å². The molecule has 2 heterocycles. The number of aromatic carboxylic acids is 1. The Bertz CT molecular complexity index is 870. The predicted molar refractivity (Wildman–Crippen MR) is 124 cm³/mol. The normalized spacial score (nSPS) is 23.4. The third-order valence-corrected chi connectivity index (χ3v) is 7.43. The van der Waals surface area contributed by atoms with Gasteiger partial charge in [0.15, 0.2) is 0 Å². The molecular formula is C25H35NO3S. The van der Waals surface area contributed by atoms with Crippen molar-refractivity contribution in [3.05, 3.63) is 27.0 Å². The zero-order chi connectivity index (χ0) is 22.1.